The number of aromatic nitrogens is 1. The molecular weight excluding hydrogens is 330 g/mol. The van der Waals surface area contributed by atoms with E-state index in [1.165, 1.54) is 0 Å². The lowest BCUT2D eigenvalue weighted by atomic mass is 10.1. The molecule has 2 rings (SSSR count). The summed E-state index contributed by atoms with van der Waals surface area (Å²) in [7, 11) is 0. The maximum atomic E-state index is 13.7. The molecule has 0 spiro atoms. The minimum atomic E-state index is -0.914. The fraction of sp³-hybridized carbons (Fsp3) is 0.143. The van der Waals surface area contributed by atoms with Crippen LogP contribution in [0.2, 0.25) is 0 Å². The van der Waals surface area contributed by atoms with Gasteiger partial charge < -0.3 is 5.32 Å². The van der Waals surface area contributed by atoms with Gasteiger partial charge in [-0.3, -0.25) is 9.78 Å². The van der Waals surface area contributed by atoms with Crippen LogP contribution >= 0.6 is 15.9 Å². The number of amides is 1. The van der Waals surface area contributed by atoms with Crippen molar-refractivity contribution in [2.75, 3.05) is 0 Å². The lowest BCUT2D eigenvalue weighted by Gasteiger charge is -2.14. The molecule has 0 saturated heterocycles. The highest BCUT2D eigenvalue weighted by Crippen LogP contribution is 2.20. The summed E-state index contributed by atoms with van der Waals surface area (Å²) in [5, 5.41) is 2.52. The first-order valence-corrected chi connectivity index (χ1v) is 6.64. The number of hydrogen-bond acceptors (Lipinski definition) is 2. The van der Waals surface area contributed by atoms with Crippen molar-refractivity contribution in [2.45, 2.75) is 13.0 Å². The third-order valence-corrected chi connectivity index (χ3v) is 3.17. The Morgan fingerprint density at radius 1 is 1.30 bits per heavy atom. The summed E-state index contributed by atoms with van der Waals surface area (Å²) >= 11 is 2.96. The summed E-state index contributed by atoms with van der Waals surface area (Å²) in [5.74, 6) is -2.64. The maximum absolute atomic E-state index is 13.7. The molecule has 1 heterocycles. The molecule has 1 aromatic carbocycles. The number of benzene rings is 1. The standard InChI is InChI=1S/C14H11BrF2N2O/c1-8(12-4-2-3-5-18-12)19-14(20)13-10(16)6-9(15)7-11(13)17/h2-8H,1H3,(H,19,20). The van der Waals surface area contributed by atoms with E-state index in [0.29, 0.717) is 5.69 Å². The van der Waals surface area contributed by atoms with Crippen LogP contribution in [-0.2, 0) is 0 Å². The van der Waals surface area contributed by atoms with E-state index in [-0.39, 0.29) is 4.47 Å². The molecule has 0 aliphatic carbocycles. The zero-order valence-electron chi connectivity index (χ0n) is 10.5. The van der Waals surface area contributed by atoms with Crippen molar-refractivity contribution in [3.63, 3.8) is 0 Å². The summed E-state index contributed by atoms with van der Waals surface area (Å²) in [6.07, 6.45) is 1.58. The minimum Gasteiger partial charge on any atom is -0.344 e. The molecule has 0 aliphatic heterocycles. The molecule has 104 valence electrons. The van der Waals surface area contributed by atoms with Crippen molar-refractivity contribution in [2.24, 2.45) is 0 Å². The van der Waals surface area contributed by atoms with Crippen molar-refractivity contribution < 1.29 is 13.6 Å². The first kappa shape index (κ1) is 14.6. The normalized spacial score (nSPS) is 12.0. The number of halogens is 3. The molecule has 3 nitrogen and oxygen atoms in total. The van der Waals surface area contributed by atoms with Crippen molar-refractivity contribution in [1.29, 1.82) is 0 Å². The van der Waals surface area contributed by atoms with Crippen LogP contribution in [-0.4, -0.2) is 10.9 Å². The lowest BCUT2D eigenvalue weighted by Crippen LogP contribution is -2.28. The average Bonchev–Trinajstić information content (AvgIpc) is 2.38. The topological polar surface area (TPSA) is 42.0 Å². The van der Waals surface area contributed by atoms with Crippen LogP contribution in [0.1, 0.15) is 29.0 Å². The van der Waals surface area contributed by atoms with Crippen molar-refractivity contribution >= 4 is 21.8 Å². The molecule has 1 atom stereocenters. The Hall–Kier alpha value is -1.82. The Kier molecular flexibility index (Phi) is 4.44. The second-order valence-electron chi connectivity index (χ2n) is 4.19. The number of nitrogens with one attached hydrogen (secondary N) is 1. The van der Waals surface area contributed by atoms with Gasteiger partial charge in [0.15, 0.2) is 0 Å². The smallest absolute Gasteiger partial charge is 0.257 e. The van der Waals surface area contributed by atoms with Gasteiger partial charge in [0.2, 0.25) is 0 Å². The molecule has 0 aliphatic rings. The van der Waals surface area contributed by atoms with E-state index < -0.39 is 29.1 Å². The van der Waals surface area contributed by atoms with Crippen molar-refractivity contribution in [1.82, 2.24) is 10.3 Å². The van der Waals surface area contributed by atoms with E-state index in [1.807, 2.05) is 0 Å². The highest BCUT2D eigenvalue weighted by atomic mass is 79.9. The molecule has 0 radical (unpaired) electrons. The molecule has 20 heavy (non-hydrogen) atoms. The Labute approximate surface area is 123 Å². The third kappa shape index (κ3) is 3.19. The van der Waals surface area contributed by atoms with Crippen molar-refractivity contribution in [3.8, 4) is 0 Å². The van der Waals surface area contributed by atoms with Gasteiger partial charge in [-0.15, -0.1) is 0 Å². The summed E-state index contributed by atoms with van der Waals surface area (Å²) in [5.41, 5.74) is 0.00904. The Morgan fingerprint density at radius 3 is 2.50 bits per heavy atom. The summed E-state index contributed by atoms with van der Waals surface area (Å²) < 4.78 is 27.6. The van der Waals surface area contributed by atoms with Crippen LogP contribution in [0.15, 0.2) is 41.0 Å². The molecule has 1 unspecified atom stereocenters. The summed E-state index contributed by atoms with van der Waals surface area (Å²) in [6, 6.07) is 6.87. The van der Waals surface area contributed by atoms with Gasteiger partial charge in [0.05, 0.1) is 11.7 Å². The Morgan fingerprint density at radius 2 is 1.95 bits per heavy atom. The quantitative estimate of drug-likeness (QED) is 0.927. The summed E-state index contributed by atoms with van der Waals surface area (Å²) in [4.78, 5) is 16.0. The van der Waals surface area contributed by atoms with Gasteiger partial charge in [-0.05, 0) is 31.2 Å². The van der Waals surface area contributed by atoms with E-state index in [9.17, 15) is 13.6 Å². The fourth-order valence-electron chi connectivity index (χ4n) is 1.73. The predicted octanol–water partition coefficient (Wildman–Crippen LogP) is 3.61. The molecule has 1 N–H and O–H groups in total. The van der Waals surface area contributed by atoms with Crippen LogP contribution in [0.5, 0.6) is 0 Å². The Bertz CT molecular complexity index is 611. The van der Waals surface area contributed by atoms with Crippen LogP contribution in [0.3, 0.4) is 0 Å². The molecule has 0 saturated carbocycles. The number of pyridine rings is 1. The first-order chi connectivity index (χ1) is 9.49. The number of rotatable bonds is 3. The van der Waals surface area contributed by atoms with E-state index in [0.717, 1.165) is 12.1 Å². The zero-order chi connectivity index (χ0) is 14.7. The average molecular weight is 341 g/mol. The molecular formula is C14H11BrF2N2O. The summed E-state index contributed by atoms with van der Waals surface area (Å²) in [6.45, 7) is 1.69. The second-order valence-corrected chi connectivity index (χ2v) is 5.11. The molecule has 1 aromatic heterocycles. The predicted molar refractivity (Wildman–Crippen MR) is 74.2 cm³/mol. The maximum Gasteiger partial charge on any atom is 0.257 e. The van der Waals surface area contributed by atoms with E-state index in [4.69, 9.17) is 0 Å². The SMILES string of the molecule is CC(NC(=O)c1c(F)cc(Br)cc1F)c1ccccn1. The van der Waals surface area contributed by atoms with E-state index in [2.05, 4.69) is 26.2 Å². The van der Waals surface area contributed by atoms with Gasteiger partial charge in [0.1, 0.15) is 17.2 Å². The molecule has 1 amide bonds. The van der Waals surface area contributed by atoms with Gasteiger partial charge >= 0.3 is 0 Å². The monoisotopic (exact) mass is 340 g/mol. The van der Waals surface area contributed by atoms with Gasteiger partial charge in [0.25, 0.3) is 5.91 Å². The molecule has 6 heteroatoms. The number of hydrogen-bond donors (Lipinski definition) is 1. The second kappa shape index (κ2) is 6.09. The highest BCUT2D eigenvalue weighted by molar-refractivity contribution is 9.10. The van der Waals surface area contributed by atoms with Crippen LogP contribution < -0.4 is 5.32 Å². The van der Waals surface area contributed by atoms with Gasteiger partial charge in [0, 0.05) is 10.7 Å². The highest BCUT2D eigenvalue weighted by Gasteiger charge is 2.20. The van der Waals surface area contributed by atoms with Gasteiger partial charge in [-0.2, -0.15) is 0 Å². The lowest BCUT2D eigenvalue weighted by molar-refractivity contribution is 0.0930. The molecule has 0 fully saturated rings. The first-order valence-electron chi connectivity index (χ1n) is 5.85. The largest absolute Gasteiger partial charge is 0.344 e. The fourth-order valence-corrected chi connectivity index (χ4v) is 2.14. The number of carbonyl (C=O) groups excluding carboxylic acids is 1. The number of carbonyl (C=O) groups is 1. The zero-order valence-corrected chi connectivity index (χ0v) is 12.1. The van der Waals surface area contributed by atoms with Crippen LogP contribution in [0.4, 0.5) is 8.78 Å². The molecule has 0 bridgehead atoms. The van der Waals surface area contributed by atoms with Gasteiger partial charge in [-0.1, -0.05) is 22.0 Å². The van der Waals surface area contributed by atoms with Crippen LogP contribution in [0.25, 0.3) is 0 Å². The molecule has 2 aromatic rings. The van der Waals surface area contributed by atoms with E-state index >= 15 is 0 Å². The number of nitrogens with zero attached hydrogens (tertiary/aromatic N) is 1. The van der Waals surface area contributed by atoms with Crippen LogP contribution in [0, 0.1) is 11.6 Å². The third-order valence-electron chi connectivity index (χ3n) is 2.71. The van der Waals surface area contributed by atoms with Crippen molar-refractivity contribution in [3.05, 3.63) is 63.9 Å². The Balaban J connectivity index is 2.21. The van der Waals surface area contributed by atoms with E-state index in [1.54, 1.807) is 31.3 Å². The van der Waals surface area contributed by atoms with Gasteiger partial charge in [-0.25, -0.2) is 8.78 Å². The minimum absolute atomic E-state index is 0.238.